The monoisotopic (exact) mass is 398 g/mol. The Bertz CT molecular complexity index is 1150. The average molecular weight is 399 g/mol. The number of hydrogen-bond acceptors (Lipinski definition) is 6. The fraction of sp³-hybridized carbons (Fsp3) is 0.188. The van der Waals surface area contributed by atoms with Gasteiger partial charge in [0.25, 0.3) is 10.0 Å². The van der Waals surface area contributed by atoms with Gasteiger partial charge in [0, 0.05) is 19.2 Å². The first-order valence-electron chi connectivity index (χ1n) is 7.30. The van der Waals surface area contributed by atoms with E-state index in [1.54, 1.807) is 0 Å². The zero-order valence-corrected chi connectivity index (χ0v) is 15.6. The van der Waals surface area contributed by atoms with Gasteiger partial charge in [-0.2, -0.15) is 0 Å². The molecule has 1 N–H and O–H groups in total. The summed E-state index contributed by atoms with van der Waals surface area (Å²) in [5, 5.41) is 0.218. The van der Waals surface area contributed by atoms with E-state index >= 15 is 0 Å². The Morgan fingerprint density at radius 3 is 2.46 bits per heavy atom. The second-order valence-corrected chi connectivity index (χ2v) is 7.44. The number of aromatic nitrogens is 1. The third kappa shape index (κ3) is 3.11. The molecule has 0 radical (unpaired) electrons. The predicted molar refractivity (Wildman–Crippen MR) is 96.8 cm³/mol. The number of anilines is 1. The van der Waals surface area contributed by atoms with Crippen LogP contribution in [0.15, 0.2) is 44.4 Å². The summed E-state index contributed by atoms with van der Waals surface area (Å²) in [5.41, 5.74) is 0.798. The minimum absolute atomic E-state index is 0.0756. The summed E-state index contributed by atoms with van der Waals surface area (Å²) in [5.74, 6) is 0.00667. The molecule has 8 nitrogen and oxygen atoms in total. The first-order chi connectivity index (χ1) is 12.3. The maximum absolute atomic E-state index is 12.7. The number of nitrogens with one attached hydrogen (secondary N) is 1. The summed E-state index contributed by atoms with van der Waals surface area (Å²) in [6.07, 6.45) is 0. The Kier molecular flexibility index (Phi) is 4.59. The highest BCUT2D eigenvalue weighted by molar-refractivity contribution is 7.92. The summed E-state index contributed by atoms with van der Waals surface area (Å²) < 4.78 is 44.4. The van der Waals surface area contributed by atoms with E-state index in [4.69, 9.17) is 25.5 Å². The van der Waals surface area contributed by atoms with Crippen LogP contribution in [0.3, 0.4) is 0 Å². The largest absolute Gasteiger partial charge is 0.495 e. The fourth-order valence-corrected chi connectivity index (χ4v) is 3.74. The van der Waals surface area contributed by atoms with Crippen LogP contribution in [-0.4, -0.2) is 27.2 Å². The number of rotatable bonds is 5. The Morgan fingerprint density at radius 2 is 1.81 bits per heavy atom. The molecule has 0 aliphatic heterocycles. The standard InChI is InChI=1S/C16H15ClN2O6S/c1-19-12-5-4-9(6-15(12)25-16(19)20)26(21,22)18-11-7-10(17)13(23-2)8-14(11)24-3/h4-8,18H,1-3H3. The third-order valence-electron chi connectivity index (χ3n) is 3.79. The second kappa shape index (κ2) is 6.58. The van der Waals surface area contributed by atoms with Crippen molar-refractivity contribution in [1.82, 2.24) is 4.57 Å². The van der Waals surface area contributed by atoms with Crippen molar-refractivity contribution in [3.63, 3.8) is 0 Å². The van der Waals surface area contributed by atoms with Crippen LogP contribution in [0.2, 0.25) is 5.02 Å². The number of aryl methyl sites for hydroxylation is 1. The van der Waals surface area contributed by atoms with Gasteiger partial charge in [0.1, 0.15) is 11.5 Å². The molecule has 2 aromatic carbocycles. The van der Waals surface area contributed by atoms with Gasteiger partial charge < -0.3 is 13.9 Å². The van der Waals surface area contributed by atoms with E-state index < -0.39 is 15.8 Å². The van der Waals surface area contributed by atoms with Gasteiger partial charge in [0.05, 0.1) is 35.3 Å². The number of nitrogens with zero attached hydrogens (tertiary/aromatic N) is 1. The van der Waals surface area contributed by atoms with Gasteiger partial charge in [-0.05, 0) is 18.2 Å². The van der Waals surface area contributed by atoms with Gasteiger partial charge in [-0.25, -0.2) is 13.2 Å². The Labute approximate surface area is 153 Å². The normalized spacial score (nSPS) is 11.5. The van der Waals surface area contributed by atoms with Crippen molar-refractivity contribution >= 4 is 38.4 Å². The molecule has 0 saturated heterocycles. The first-order valence-corrected chi connectivity index (χ1v) is 9.17. The molecule has 3 rings (SSSR count). The molecule has 10 heteroatoms. The molecule has 0 spiro atoms. The van der Waals surface area contributed by atoms with Crippen molar-refractivity contribution in [1.29, 1.82) is 0 Å². The second-order valence-electron chi connectivity index (χ2n) is 5.35. The molecule has 0 fully saturated rings. The van der Waals surface area contributed by atoms with Gasteiger partial charge in [0.2, 0.25) is 0 Å². The Hall–Kier alpha value is -2.65. The van der Waals surface area contributed by atoms with Crippen LogP contribution >= 0.6 is 11.6 Å². The molecule has 0 atom stereocenters. The molecule has 0 aliphatic rings. The number of sulfonamides is 1. The van der Waals surface area contributed by atoms with E-state index in [0.29, 0.717) is 11.3 Å². The van der Waals surface area contributed by atoms with Crippen molar-refractivity contribution in [2.45, 2.75) is 4.90 Å². The zero-order chi connectivity index (χ0) is 19.1. The molecule has 0 saturated carbocycles. The lowest BCUT2D eigenvalue weighted by atomic mass is 10.3. The minimum Gasteiger partial charge on any atom is -0.495 e. The molecule has 0 aliphatic carbocycles. The number of methoxy groups -OCH3 is 2. The van der Waals surface area contributed by atoms with E-state index in [1.165, 1.54) is 56.2 Å². The van der Waals surface area contributed by atoms with Crippen molar-refractivity contribution < 1.29 is 22.3 Å². The zero-order valence-electron chi connectivity index (χ0n) is 14.1. The number of benzene rings is 2. The van der Waals surface area contributed by atoms with E-state index in [-0.39, 0.29) is 26.9 Å². The van der Waals surface area contributed by atoms with E-state index in [9.17, 15) is 13.2 Å². The summed E-state index contributed by atoms with van der Waals surface area (Å²) in [6, 6.07) is 7.00. The Morgan fingerprint density at radius 1 is 1.12 bits per heavy atom. The number of ether oxygens (including phenoxy) is 2. The highest BCUT2D eigenvalue weighted by Gasteiger charge is 2.20. The molecule has 3 aromatic rings. The molecular formula is C16H15ClN2O6S. The third-order valence-corrected chi connectivity index (χ3v) is 5.45. The summed E-state index contributed by atoms with van der Waals surface area (Å²) in [7, 11) is 0.386. The number of hydrogen-bond donors (Lipinski definition) is 1. The lowest BCUT2D eigenvalue weighted by Crippen LogP contribution is -2.13. The lowest BCUT2D eigenvalue weighted by Gasteiger charge is -2.14. The van der Waals surface area contributed by atoms with E-state index in [2.05, 4.69) is 4.72 Å². The quantitative estimate of drug-likeness (QED) is 0.709. The van der Waals surface area contributed by atoms with Crippen LogP contribution in [0.1, 0.15) is 0 Å². The lowest BCUT2D eigenvalue weighted by molar-refractivity contribution is 0.396. The van der Waals surface area contributed by atoms with Gasteiger partial charge in [0.15, 0.2) is 5.58 Å². The van der Waals surface area contributed by atoms with Crippen LogP contribution in [0.4, 0.5) is 5.69 Å². The van der Waals surface area contributed by atoms with Crippen LogP contribution in [0.25, 0.3) is 11.1 Å². The SMILES string of the molecule is COc1cc(OC)c(NS(=O)(=O)c2ccc3c(c2)oc(=O)n3C)cc1Cl. The van der Waals surface area contributed by atoms with Crippen molar-refractivity contribution in [3.8, 4) is 11.5 Å². The number of oxazole rings is 1. The van der Waals surface area contributed by atoms with Crippen LogP contribution in [0, 0.1) is 0 Å². The number of halogens is 1. The summed E-state index contributed by atoms with van der Waals surface area (Å²) in [6.45, 7) is 0. The highest BCUT2D eigenvalue weighted by atomic mass is 35.5. The van der Waals surface area contributed by atoms with Crippen molar-refractivity contribution in [3.05, 3.63) is 45.9 Å². The van der Waals surface area contributed by atoms with Gasteiger partial charge in [-0.1, -0.05) is 11.6 Å². The minimum atomic E-state index is -3.98. The molecule has 138 valence electrons. The van der Waals surface area contributed by atoms with Crippen molar-refractivity contribution in [2.24, 2.45) is 7.05 Å². The average Bonchev–Trinajstić information content (AvgIpc) is 2.88. The van der Waals surface area contributed by atoms with Crippen LogP contribution in [0.5, 0.6) is 11.5 Å². The van der Waals surface area contributed by atoms with E-state index in [0.717, 1.165) is 0 Å². The maximum Gasteiger partial charge on any atom is 0.419 e. The fourth-order valence-electron chi connectivity index (χ4n) is 2.42. The topological polar surface area (TPSA) is 99.8 Å². The predicted octanol–water partition coefficient (Wildman–Crippen LogP) is 2.60. The van der Waals surface area contributed by atoms with Crippen LogP contribution < -0.4 is 20.0 Å². The van der Waals surface area contributed by atoms with Crippen molar-refractivity contribution in [2.75, 3.05) is 18.9 Å². The van der Waals surface area contributed by atoms with Gasteiger partial charge in [-0.3, -0.25) is 9.29 Å². The smallest absolute Gasteiger partial charge is 0.419 e. The Balaban J connectivity index is 2.04. The molecule has 0 unspecified atom stereocenters. The molecular weight excluding hydrogens is 384 g/mol. The van der Waals surface area contributed by atoms with Gasteiger partial charge in [-0.15, -0.1) is 0 Å². The molecule has 0 bridgehead atoms. The summed E-state index contributed by atoms with van der Waals surface area (Å²) in [4.78, 5) is 11.5. The highest BCUT2D eigenvalue weighted by Crippen LogP contribution is 2.37. The molecule has 1 heterocycles. The summed E-state index contributed by atoms with van der Waals surface area (Å²) >= 11 is 6.06. The van der Waals surface area contributed by atoms with Crippen LogP contribution in [-0.2, 0) is 17.1 Å². The molecule has 1 aromatic heterocycles. The molecule has 0 amide bonds. The maximum atomic E-state index is 12.7. The molecule has 26 heavy (non-hydrogen) atoms. The van der Waals surface area contributed by atoms with E-state index in [1.807, 2.05) is 0 Å². The van der Waals surface area contributed by atoms with Gasteiger partial charge >= 0.3 is 5.76 Å². The number of fused-ring (bicyclic) bond motifs is 1. The first kappa shape index (κ1) is 18.2.